The van der Waals surface area contributed by atoms with Crippen molar-refractivity contribution in [2.75, 3.05) is 6.61 Å². The van der Waals surface area contributed by atoms with Gasteiger partial charge in [0.05, 0.1) is 0 Å². The molecule has 0 saturated heterocycles. The zero-order chi connectivity index (χ0) is 11.1. The van der Waals surface area contributed by atoms with Crippen LogP contribution in [-0.2, 0) is 0 Å². The summed E-state index contributed by atoms with van der Waals surface area (Å²) in [4.78, 5) is 0. The SMILES string of the molecule is Cc1cc(O)cc2ccc3c(c12)C=CCO3. The lowest BCUT2D eigenvalue weighted by Crippen LogP contribution is -2.00. The minimum atomic E-state index is 0.311. The molecule has 2 heteroatoms. The second kappa shape index (κ2) is 3.27. The lowest BCUT2D eigenvalue weighted by atomic mass is 9.97. The molecule has 2 aromatic rings. The van der Waals surface area contributed by atoms with Crippen LogP contribution in [-0.4, -0.2) is 11.7 Å². The van der Waals surface area contributed by atoms with Crippen LogP contribution in [0.4, 0.5) is 0 Å². The topological polar surface area (TPSA) is 29.5 Å². The van der Waals surface area contributed by atoms with Gasteiger partial charge in [0.15, 0.2) is 0 Å². The number of phenolic OH excluding ortho intramolecular Hbond substituents is 1. The standard InChI is InChI=1S/C14H12O2/c1-9-7-11(15)8-10-4-5-13-12(14(9)10)3-2-6-16-13/h2-5,7-8,15H,6H2,1H3. The Kier molecular flexibility index (Phi) is 1.90. The van der Waals surface area contributed by atoms with Gasteiger partial charge in [0, 0.05) is 5.56 Å². The second-order valence-electron chi connectivity index (χ2n) is 4.05. The van der Waals surface area contributed by atoms with E-state index in [2.05, 4.69) is 6.08 Å². The van der Waals surface area contributed by atoms with E-state index in [-0.39, 0.29) is 0 Å². The summed E-state index contributed by atoms with van der Waals surface area (Å²) in [5, 5.41) is 11.8. The van der Waals surface area contributed by atoms with E-state index in [1.165, 1.54) is 0 Å². The Morgan fingerprint density at radius 2 is 2.12 bits per heavy atom. The summed E-state index contributed by atoms with van der Waals surface area (Å²) in [6.07, 6.45) is 4.10. The van der Waals surface area contributed by atoms with Gasteiger partial charge < -0.3 is 9.84 Å². The summed E-state index contributed by atoms with van der Waals surface area (Å²) >= 11 is 0. The Morgan fingerprint density at radius 3 is 3.00 bits per heavy atom. The number of hydrogen-bond donors (Lipinski definition) is 1. The van der Waals surface area contributed by atoms with Crippen LogP contribution in [0.1, 0.15) is 11.1 Å². The first kappa shape index (κ1) is 9.28. The summed E-state index contributed by atoms with van der Waals surface area (Å²) < 4.78 is 5.57. The van der Waals surface area contributed by atoms with Gasteiger partial charge in [-0.15, -0.1) is 0 Å². The van der Waals surface area contributed by atoms with Gasteiger partial charge in [-0.25, -0.2) is 0 Å². The lowest BCUT2D eigenvalue weighted by molar-refractivity contribution is 0.359. The van der Waals surface area contributed by atoms with Crippen molar-refractivity contribution < 1.29 is 9.84 Å². The van der Waals surface area contributed by atoms with Gasteiger partial charge in [0.2, 0.25) is 0 Å². The van der Waals surface area contributed by atoms with Crippen LogP contribution in [0.5, 0.6) is 11.5 Å². The molecule has 3 rings (SSSR count). The predicted molar refractivity (Wildman–Crippen MR) is 64.9 cm³/mol. The van der Waals surface area contributed by atoms with Gasteiger partial charge in [0.25, 0.3) is 0 Å². The number of benzene rings is 2. The number of fused-ring (bicyclic) bond motifs is 3. The highest BCUT2D eigenvalue weighted by atomic mass is 16.5. The molecule has 0 unspecified atom stereocenters. The molecule has 1 aliphatic rings. The van der Waals surface area contributed by atoms with Crippen molar-refractivity contribution >= 4 is 16.8 Å². The molecule has 2 aromatic carbocycles. The fraction of sp³-hybridized carbons (Fsp3) is 0.143. The average molecular weight is 212 g/mol. The van der Waals surface area contributed by atoms with E-state index >= 15 is 0 Å². The fourth-order valence-electron chi connectivity index (χ4n) is 2.27. The van der Waals surface area contributed by atoms with Crippen LogP contribution in [0.2, 0.25) is 0 Å². The van der Waals surface area contributed by atoms with Gasteiger partial charge in [-0.05, 0) is 47.5 Å². The molecule has 0 bridgehead atoms. The summed E-state index contributed by atoms with van der Waals surface area (Å²) in [6.45, 7) is 2.64. The van der Waals surface area contributed by atoms with Crippen LogP contribution in [0.25, 0.3) is 16.8 Å². The molecular formula is C14H12O2. The van der Waals surface area contributed by atoms with E-state index in [1.54, 1.807) is 12.1 Å². The van der Waals surface area contributed by atoms with Crippen molar-refractivity contribution in [1.29, 1.82) is 0 Å². The maximum atomic E-state index is 9.57. The smallest absolute Gasteiger partial charge is 0.127 e. The zero-order valence-corrected chi connectivity index (χ0v) is 9.03. The summed E-state index contributed by atoms with van der Waals surface area (Å²) in [5.74, 6) is 1.23. The lowest BCUT2D eigenvalue weighted by Gasteiger charge is -2.16. The molecule has 1 aliphatic heterocycles. The number of aromatic hydroxyl groups is 1. The second-order valence-corrected chi connectivity index (χ2v) is 4.05. The van der Waals surface area contributed by atoms with E-state index in [0.717, 1.165) is 27.6 Å². The van der Waals surface area contributed by atoms with Crippen molar-refractivity contribution in [1.82, 2.24) is 0 Å². The number of rotatable bonds is 0. The summed E-state index contributed by atoms with van der Waals surface area (Å²) in [5.41, 5.74) is 2.18. The molecule has 0 fully saturated rings. The first-order chi connectivity index (χ1) is 7.75. The fourth-order valence-corrected chi connectivity index (χ4v) is 2.27. The first-order valence-corrected chi connectivity index (χ1v) is 5.31. The number of ether oxygens (including phenoxy) is 1. The van der Waals surface area contributed by atoms with Crippen LogP contribution in [0.3, 0.4) is 0 Å². The normalized spacial score (nSPS) is 13.6. The van der Waals surface area contributed by atoms with Gasteiger partial charge in [-0.2, -0.15) is 0 Å². The molecule has 2 nitrogen and oxygen atoms in total. The summed E-state index contributed by atoms with van der Waals surface area (Å²) in [6, 6.07) is 7.51. The molecular weight excluding hydrogens is 200 g/mol. The maximum absolute atomic E-state index is 9.57. The highest BCUT2D eigenvalue weighted by Gasteiger charge is 2.11. The Morgan fingerprint density at radius 1 is 1.25 bits per heavy atom. The van der Waals surface area contributed by atoms with E-state index in [0.29, 0.717) is 12.4 Å². The van der Waals surface area contributed by atoms with Gasteiger partial charge in [-0.1, -0.05) is 12.1 Å². The van der Waals surface area contributed by atoms with E-state index < -0.39 is 0 Å². The highest BCUT2D eigenvalue weighted by molar-refractivity contribution is 5.96. The van der Waals surface area contributed by atoms with Crippen LogP contribution in [0.15, 0.2) is 30.3 Å². The average Bonchev–Trinajstić information content (AvgIpc) is 2.28. The monoisotopic (exact) mass is 212 g/mol. The third-order valence-corrected chi connectivity index (χ3v) is 2.92. The van der Waals surface area contributed by atoms with Gasteiger partial charge >= 0.3 is 0 Å². The molecule has 1 N–H and O–H groups in total. The van der Waals surface area contributed by atoms with E-state index in [9.17, 15) is 5.11 Å². The molecule has 16 heavy (non-hydrogen) atoms. The van der Waals surface area contributed by atoms with Crippen molar-refractivity contribution in [2.45, 2.75) is 6.92 Å². The van der Waals surface area contributed by atoms with E-state index in [1.807, 2.05) is 25.1 Å². The molecule has 0 spiro atoms. The van der Waals surface area contributed by atoms with Crippen LogP contribution in [0, 0.1) is 6.92 Å². The molecule has 0 radical (unpaired) electrons. The molecule has 0 aromatic heterocycles. The number of phenols is 1. The highest BCUT2D eigenvalue weighted by Crippen LogP contribution is 2.35. The van der Waals surface area contributed by atoms with Crippen LogP contribution >= 0.6 is 0 Å². The Hall–Kier alpha value is -1.96. The number of hydrogen-bond acceptors (Lipinski definition) is 2. The number of aryl methyl sites for hydroxylation is 1. The molecule has 0 aliphatic carbocycles. The Balaban J connectivity index is 2.44. The van der Waals surface area contributed by atoms with Crippen molar-refractivity contribution in [3.8, 4) is 11.5 Å². The van der Waals surface area contributed by atoms with E-state index in [4.69, 9.17) is 4.74 Å². The third-order valence-electron chi connectivity index (χ3n) is 2.92. The van der Waals surface area contributed by atoms with Crippen molar-refractivity contribution in [2.24, 2.45) is 0 Å². The van der Waals surface area contributed by atoms with Crippen molar-refractivity contribution in [3.63, 3.8) is 0 Å². The zero-order valence-electron chi connectivity index (χ0n) is 9.03. The van der Waals surface area contributed by atoms with Gasteiger partial charge in [-0.3, -0.25) is 0 Å². The molecule has 80 valence electrons. The van der Waals surface area contributed by atoms with Crippen molar-refractivity contribution in [3.05, 3.63) is 41.5 Å². The first-order valence-electron chi connectivity index (χ1n) is 5.31. The quantitative estimate of drug-likeness (QED) is 0.726. The predicted octanol–water partition coefficient (Wildman–Crippen LogP) is 3.26. The minimum absolute atomic E-state index is 0.311. The summed E-state index contributed by atoms with van der Waals surface area (Å²) in [7, 11) is 0. The molecule has 0 amide bonds. The minimum Gasteiger partial charge on any atom is -0.508 e. The molecule has 0 saturated carbocycles. The molecule has 1 heterocycles. The Bertz CT molecular complexity index is 597. The maximum Gasteiger partial charge on any atom is 0.127 e. The van der Waals surface area contributed by atoms with Gasteiger partial charge in [0.1, 0.15) is 18.1 Å². The third kappa shape index (κ3) is 1.27. The Labute approximate surface area is 93.8 Å². The van der Waals surface area contributed by atoms with Crippen LogP contribution < -0.4 is 4.74 Å². The largest absolute Gasteiger partial charge is 0.508 e. The molecule has 0 atom stereocenters.